The maximum absolute atomic E-state index is 13.1. The molecule has 2 rings (SSSR count). The van der Waals surface area contributed by atoms with E-state index in [0.717, 1.165) is 35.1 Å². The van der Waals surface area contributed by atoms with E-state index in [4.69, 9.17) is 11.6 Å². The minimum Gasteiger partial charge on any atom is -0.348 e. The number of hydrogen-bond acceptors (Lipinski definition) is 3. The Hall–Kier alpha value is -2.26. The standard InChI is InChI=1S/C20H22ClF3N2O3S/c1-12-5-7-16(13(2)9-12)14(3)25-19(27)11-26(30(4,28)29)15-6-8-18(21)17(10-15)20(22,23)24/h5-10,14H,11H2,1-4H3,(H,25,27)/t14-/m1/s1. The molecule has 0 aliphatic carbocycles. The van der Waals surface area contributed by atoms with Crippen LogP contribution in [0.5, 0.6) is 0 Å². The number of benzene rings is 2. The van der Waals surface area contributed by atoms with Gasteiger partial charge in [-0.3, -0.25) is 9.10 Å². The predicted octanol–water partition coefficient (Wildman–Crippen LogP) is 4.62. The Labute approximate surface area is 178 Å². The molecule has 1 amide bonds. The molecule has 2 aromatic rings. The molecule has 0 unspecified atom stereocenters. The van der Waals surface area contributed by atoms with Crippen molar-refractivity contribution in [1.82, 2.24) is 5.32 Å². The molecule has 0 fully saturated rings. The van der Waals surface area contributed by atoms with Gasteiger partial charge in [0.15, 0.2) is 0 Å². The topological polar surface area (TPSA) is 66.5 Å². The van der Waals surface area contributed by atoms with Crippen molar-refractivity contribution in [2.24, 2.45) is 0 Å². The van der Waals surface area contributed by atoms with Crippen LogP contribution >= 0.6 is 11.6 Å². The van der Waals surface area contributed by atoms with Gasteiger partial charge < -0.3 is 5.32 Å². The lowest BCUT2D eigenvalue weighted by molar-refractivity contribution is -0.137. The van der Waals surface area contributed by atoms with E-state index in [2.05, 4.69) is 5.32 Å². The van der Waals surface area contributed by atoms with Gasteiger partial charge in [0.05, 0.1) is 28.6 Å². The third kappa shape index (κ3) is 5.89. The van der Waals surface area contributed by atoms with Crippen LogP contribution in [-0.2, 0) is 21.0 Å². The van der Waals surface area contributed by atoms with Crippen LogP contribution in [0, 0.1) is 13.8 Å². The van der Waals surface area contributed by atoms with Gasteiger partial charge in [0.25, 0.3) is 0 Å². The summed E-state index contributed by atoms with van der Waals surface area (Å²) in [4.78, 5) is 12.5. The van der Waals surface area contributed by atoms with Crippen molar-refractivity contribution in [3.05, 3.63) is 63.7 Å². The molecule has 10 heteroatoms. The van der Waals surface area contributed by atoms with E-state index < -0.39 is 45.3 Å². The highest BCUT2D eigenvalue weighted by molar-refractivity contribution is 7.92. The average Bonchev–Trinajstić information content (AvgIpc) is 2.58. The summed E-state index contributed by atoms with van der Waals surface area (Å²) >= 11 is 5.60. The number of nitrogens with one attached hydrogen (secondary N) is 1. The Bertz CT molecular complexity index is 1060. The molecule has 30 heavy (non-hydrogen) atoms. The molecule has 164 valence electrons. The summed E-state index contributed by atoms with van der Waals surface area (Å²) in [7, 11) is -4.04. The minimum atomic E-state index is -4.77. The van der Waals surface area contributed by atoms with E-state index in [1.165, 1.54) is 0 Å². The molecule has 2 aromatic carbocycles. The highest BCUT2D eigenvalue weighted by Gasteiger charge is 2.34. The summed E-state index contributed by atoms with van der Waals surface area (Å²) in [6, 6.07) is 7.97. The maximum atomic E-state index is 13.1. The summed E-state index contributed by atoms with van der Waals surface area (Å²) in [5, 5.41) is 2.13. The summed E-state index contributed by atoms with van der Waals surface area (Å²) in [6.07, 6.45) is -3.95. The summed E-state index contributed by atoms with van der Waals surface area (Å²) in [6.45, 7) is 4.89. The first-order chi connectivity index (χ1) is 13.7. The lowest BCUT2D eigenvalue weighted by Gasteiger charge is -2.24. The molecule has 0 aliphatic rings. The van der Waals surface area contributed by atoms with Crippen LogP contribution in [0.4, 0.5) is 18.9 Å². The second-order valence-electron chi connectivity index (χ2n) is 7.08. The molecule has 0 saturated heterocycles. The molecular formula is C20H22ClF3N2O3S. The van der Waals surface area contributed by atoms with E-state index in [-0.39, 0.29) is 5.69 Å². The van der Waals surface area contributed by atoms with Gasteiger partial charge in [0.1, 0.15) is 6.54 Å². The van der Waals surface area contributed by atoms with Crippen molar-refractivity contribution in [2.75, 3.05) is 17.1 Å². The molecule has 0 aromatic heterocycles. The van der Waals surface area contributed by atoms with Crippen molar-refractivity contribution < 1.29 is 26.4 Å². The van der Waals surface area contributed by atoms with Gasteiger partial charge in [0, 0.05) is 0 Å². The van der Waals surface area contributed by atoms with Crippen LogP contribution in [0.15, 0.2) is 36.4 Å². The second kappa shape index (κ2) is 8.85. The number of carbonyl (C=O) groups is 1. The monoisotopic (exact) mass is 462 g/mol. The zero-order valence-electron chi connectivity index (χ0n) is 16.8. The van der Waals surface area contributed by atoms with Gasteiger partial charge >= 0.3 is 6.18 Å². The Morgan fingerprint density at radius 2 is 1.80 bits per heavy atom. The number of anilines is 1. The largest absolute Gasteiger partial charge is 0.417 e. The Kier molecular flexibility index (Phi) is 7.08. The summed E-state index contributed by atoms with van der Waals surface area (Å²) < 4.78 is 64.4. The van der Waals surface area contributed by atoms with Gasteiger partial charge in [-0.05, 0) is 50.1 Å². The van der Waals surface area contributed by atoms with E-state index in [9.17, 15) is 26.4 Å². The fourth-order valence-electron chi connectivity index (χ4n) is 3.09. The number of hydrogen-bond donors (Lipinski definition) is 1. The molecule has 0 heterocycles. The second-order valence-corrected chi connectivity index (χ2v) is 9.39. The lowest BCUT2D eigenvalue weighted by atomic mass is 10.0. The number of sulfonamides is 1. The fourth-order valence-corrected chi connectivity index (χ4v) is 4.17. The van der Waals surface area contributed by atoms with E-state index in [0.29, 0.717) is 10.4 Å². The third-order valence-electron chi connectivity index (χ3n) is 4.50. The smallest absolute Gasteiger partial charge is 0.348 e. The van der Waals surface area contributed by atoms with Gasteiger partial charge in [-0.1, -0.05) is 35.4 Å². The van der Waals surface area contributed by atoms with Gasteiger partial charge in [-0.25, -0.2) is 8.42 Å². The van der Waals surface area contributed by atoms with Crippen LogP contribution in [0.25, 0.3) is 0 Å². The van der Waals surface area contributed by atoms with Crippen LogP contribution in [0.3, 0.4) is 0 Å². The van der Waals surface area contributed by atoms with Crippen molar-refractivity contribution in [3.63, 3.8) is 0 Å². The number of rotatable bonds is 6. The Balaban J connectivity index is 2.29. The average molecular weight is 463 g/mol. The number of amides is 1. The van der Waals surface area contributed by atoms with Crippen LogP contribution in [0.2, 0.25) is 5.02 Å². The molecule has 0 radical (unpaired) electrons. The first-order valence-corrected chi connectivity index (χ1v) is 11.1. The number of carbonyl (C=O) groups excluding carboxylic acids is 1. The third-order valence-corrected chi connectivity index (χ3v) is 5.97. The normalized spacial score (nSPS) is 13.1. The number of halogens is 4. The van der Waals surface area contributed by atoms with Crippen molar-refractivity contribution >= 4 is 33.2 Å². The summed E-state index contributed by atoms with van der Waals surface area (Å²) in [5.74, 6) is -0.656. The van der Waals surface area contributed by atoms with Gasteiger partial charge in [-0.15, -0.1) is 0 Å². The molecule has 5 nitrogen and oxygen atoms in total. The maximum Gasteiger partial charge on any atom is 0.417 e. The fraction of sp³-hybridized carbons (Fsp3) is 0.350. The minimum absolute atomic E-state index is 0.302. The van der Waals surface area contributed by atoms with Gasteiger partial charge in [0.2, 0.25) is 15.9 Å². The highest BCUT2D eigenvalue weighted by atomic mass is 35.5. The van der Waals surface area contributed by atoms with E-state index in [1.54, 1.807) is 6.92 Å². The first-order valence-electron chi connectivity index (χ1n) is 8.91. The van der Waals surface area contributed by atoms with Crippen molar-refractivity contribution in [2.45, 2.75) is 33.0 Å². The molecule has 0 spiro atoms. The SMILES string of the molecule is Cc1ccc([C@@H](C)NC(=O)CN(c2ccc(Cl)c(C(F)(F)F)c2)S(C)(=O)=O)c(C)c1. The molecule has 1 atom stereocenters. The number of aryl methyl sites for hydroxylation is 2. The molecule has 0 bridgehead atoms. The zero-order valence-corrected chi connectivity index (χ0v) is 18.4. The first kappa shape index (κ1) is 24.0. The van der Waals surface area contributed by atoms with Gasteiger partial charge in [-0.2, -0.15) is 13.2 Å². The molecule has 0 saturated carbocycles. The number of alkyl halides is 3. The molecular weight excluding hydrogens is 441 g/mol. The lowest BCUT2D eigenvalue weighted by Crippen LogP contribution is -2.41. The van der Waals surface area contributed by atoms with Crippen molar-refractivity contribution in [1.29, 1.82) is 0 Å². The van der Waals surface area contributed by atoms with E-state index >= 15 is 0 Å². The molecule has 1 N–H and O–H groups in total. The predicted molar refractivity (Wildman–Crippen MR) is 111 cm³/mol. The Morgan fingerprint density at radius 3 is 2.33 bits per heavy atom. The van der Waals surface area contributed by atoms with Crippen molar-refractivity contribution in [3.8, 4) is 0 Å². The highest BCUT2D eigenvalue weighted by Crippen LogP contribution is 2.37. The number of nitrogens with zero attached hydrogens (tertiary/aromatic N) is 1. The molecule has 0 aliphatic heterocycles. The van der Waals surface area contributed by atoms with Crippen LogP contribution < -0.4 is 9.62 Å². The Morgan fingerprint density at radius 1 is 1.17 bits per heavy atom. The van der Waals surface area contributed by atoms with Crippen LogP contribution in [0.1, 0.15) is 35.2 Å². The quantitative estimate of drug-likeness (QED) is 0.681. The van der Waals surface area contributed by atoms with Crippen LogP contribution in [-0.4, -0.2) is 27.1 Å². The zero-order chi connectivity index (χ0) is 22.9. The van der Waals surface area contributed by atoms with E-state index in [1.807, 2.05) is 32.0 Å². The summed E-state index contributed by atoms with van der Waals surface area (Å²) in [5.41, 5.74) is 1.38.